The minimum absolute atomic E-state index is 0.224. The summed E-state index contributed by atoms with van der Waals surface area (Å²) in [6.45, 7) is 4.90. The molecule has 1 aromatic heterocycles. The Bertz CT molecular complexity index is 971. The number of nitrogen functional groups attached to an aromatic ring is 1. The van der Waals surface area contributed by atoms with Crippen molar-refractivity contribution in [3.05, 3.63) is 76.9 Å². The summed E-state index contributed by atoms with van der Waals surface area (Å²) < 4.78 is 0. The van der Waals surface area contributed by atoms with E-state index in [0.29, 0.717) is 40.2 Å². The van der Waals surface area contributed by atoms with Crippen molar-refractivity contribution in [3.8, 4) is 11.3 Å². The van der Waals surface area contributed by atoms with E-state index in [1.165, 1.54) is 0 Å². The van der Waals surface area contributed by atoms with Crippen molar-refractivity contribution in [2.45, 2.75) is 26.4 Å². The van der Waals surface area contributed by atoms with Crippen LogP contribution in [0.25, 0.3) is 11.3 Å². The molecular weight excluding hydrogens is 372 g/mol. The molecule has 3 rings (SSSR count). The number of hydrogen-bond acceptors (Lipinski definition) is 4. The molecule has 0 saturated heterocycles. The smallest absolute Gasteiger partial charge is 0.255 e. The number of pyridine rings is 1. The molecule has 0 spiro atoms. The van der Waals surface area contributed by atoms with Gasteiger partial charge in [0.2, 0.25) is 0 Å². The standard InChI is InChI=1S/C22H23ClN4O/c1-14(2)25-12-15-11-18(23)21(26-13-15)16-7-9-17(10-8-16)22(28)27-20-6-4-3-5-19(20)24/h3-11,13-14,25H,12,24H2,1-2H3,(H,27,28). The number of para-hydroxylation sites is 2. The molecule has 2 aromatic carbocycles. The molecule has 0 aliphatic carbocycles. The third-order valence-electron chi connectivity index (χ3n) is 4.24. The van der Waals surface area contributed by atoms with E-state index < -0.39 is 0 Å². The van der Waals surface area contributed by atoms with Crippen LogP contribution in [-0.2, 0) is 6.54 Å². The first-order valence-corrected chi connectivity index (χ1v) is 9.46. The highest BCUT2D eigenvalue weighted by Crippen LogP contribution is 2.27. The Morgan fingerprint density at radius 1 is 1.14 bits per heavy atom. The van der Waals surface area contributed by atoms with Crippen molar-refractivity contribution < 1.29 is 4.79 Å². The van der Waals surface area contributed by atoms with Crippen LogP contribution in [0.3, 0.4) is 0 Å². The predicted molar refractivity (Wildman–Crippen MR) is 115 cm³/mol. The summed E-state index contributed by atoms with van der Waals surface area (Å²) in [6, 6.07) is 16.6. The number of benzene rings is 2. The van der Waals surface area contributed by atoms with Gasteiger partial charge in [-0.25, -0.2) is 0 Å². The zero-order valence-electron chi connectivity index (χ0n) is 15.9. The molecule has 0 fully saturated rings. The normalized spacial score (nSPS) is 10.9. The highest BCUT2D eigenvalue weighted by Gasteiger charge is 2.11. The van der Waals surface area contributed by atoms with Gasteiger partial charge in [-0.05, 0) is 35.9 Å². The minimum atomic E-state index is -0.224. The Balaban J connectivity index is 1.73. The summed E-state index contributed by atoms with van der Waals surface area (Å²) in [5, 5.41) is 6.74. The molecule has 3 aromatic rings. The van der Waals surface area contributed by atoms with Gasteiger partial charge in [0.1, 0.15) is 0 Å². The van der Waals surface area contributed by atoms with Crippen LogP contribution in [-0.4, -0.2) is 16.9 Å². The summed E-state index contributed by atoms with van der Waals surface area (Å²) in [5.74, 6) is -0.224. The van der Waals surface area contributed by atoms with Crippen molar-refractivity contribution >= 4 is 28.9 Å². The van der Waals surface area contributed by atoms with E-state index in [1.807, 2.05) is 36.5 Å². The molecule has 28 heavy (non-hydrogen) atoms. The number of rotatable bonds is 6. The quantitative estimate of drug-likeness (QED) is 0.528. The molecule has 0 bridgehead atoms. The highest BCUT2D eigenvalue weighted by atomic mass is 35.5. The number of nitrogens with two attached hydrogens (primary N) is 1. The number of nitrogens with one attached hydrogen (secondary N) is 2. The summed E-state index contributed by atoms with van der Waals surface area (Å²) >= 11 is 6.42. The predicted octanol–water partition coefficient (Wildman–Crippen LogP) is 4.73. The molecule has 5 nitrogen and oxygen atoms in total. The zero-order chi connectivity index (χ0) is 20.1. The van der Waals surface area contributed by atoms with E-state index in [0.717, 1.165) is 11.1 Å². The van der Waals surface area contributed by atoms with Gasteiger partial charge in [0.15, 0.2) is 0 Å². The van der Waals surface area contributed by atoms with Gasteiger partial charge in [-0.1, -0.05) is 49.7 Å². The number of amides is 1. The second-order valence-corrected chi connectivity index (χ2v) is 7.24. The summed E-state index contributed by atoms with van der Waals surface area (Å²) in [7, 11) is 0. The lowest BCUT2D eigenvalue weighted by molar-refractivity contribution is 0.102. The van der Waals surface area contributed by atoms with Crippen LogP contribution >= 0.6 is 11.6 Å². The Kier molecular flexibility index (Phi) is 6.29. The van der Waals surface area contributed by atoms with Gasteiger partial charge in [-0.3, -0.25) is 9.78 Å². The second-order valence-electron chi connectivity index (χ2n) is 6.83. The van der Waals surface area contributed by atoms with E-state index in [4.69, 9.17) is 17.3 Å². The number of carbonyl (C=O) groups excluding carboxylic acids is 1. The molecule has 0 unspecified atom stereocenters. The third kappa shape index (κ3) is 4.88. The van der Waals surface area contributed by atoms with Gasteiger partial charge in [0.25, 0.3) is 5.91 Å². The zero-order valence-corrected chi connectivity index (χ0v) is 16.6. The first-order valence-electron chi connectivity index (χ1n) is 9.08. The second kappa shape index (κ2) is 8.87. The summed E-state index contributed by atoms with van der Waals surface area (Å²) in [5.41, 5.74) is 10.1. The van der Waals surface area contributed by atoms with Crippen molar-refractivity contribution in [2.24, 2.45) is 0 Å². The molecule has 144 valence electrons. The molecule has 1 heterocycles. The van der Waals surface area contributed by atoms with Gasteiger partial charge in [-0.2, -0.15) is 0 Å². The first kappa shape index (κ1) is 19.9. The van der Waals surface area contributed by atoms with Gasteiger partial charge in [0, 0.05) is 29.9 Å². The van der Waals surface area contributed by atoms with Gasteiger partial charge < -0.3 is 16.4 Å². The van der Waals surface area contributed by atoms with E-state index in [-0.39, 0.29) is 5.91 Å². The Morgan fingerprint density at radius 2 is 1.86 bits per heavy atom. The van der Waals surface area contributed by atoms with E-state index >= 15 is 0 Å². The van der Waals surface area contributed by atoms with Crippen LogP contribution in [0.1, 0.15) is 29.8 Å². The van der Waals surface area contributed by atoms with Crippen molar-refractivity contribution in [1.29, 1.82) is 0 Å². The lowest BCUT2D eigenvalue weighted by atomic mass is 10.1. The number of nitrogens with zero attached hydrogens (tertiary/aromatic N) is 1. The van der Waals surface area contributed by atoms with Crippen molar-refractivity contribution in [3.63, 3.8) is 0 Å². The van der Waals surface area contributed by atoms with Crippen LogP contribution in [0.2, 0.25) is 5.02 Å². The Morgan fingerprint density at radius 3 is 2.50 bits per heavy atom. The van der Waals surface area contributed by atoms with E-state index in [9.17, 15) is 4.79 Å². The van der Waals surface area contributed by atoms with Crippen LogP contribution in [0, 0.1) is 0 Å². The van der Waals surface area contributed by atoms with Gasteiger partial charge in [0.05, 0.1) is 22.1 Å². The fourth-order valence-corrected chi connectivity index (χ4v) is 2.99. The average molecular weight is 395 g/mol. The number of carbonyl (C=O) groups is 1. The third-order valence-corrected chi connectivity index (χ3v) is 4.53. The summed E-state index contributed by atoms with van der Waals surface area (Å²) in [4.78, 5) is 16.9. The number of hydrogen-bond donors (Lipinski definition) is 3. The fourth-order valence-electron chi connectivity index (χ4n) is 2.69. The van der Waals surface area contributed by atoms with Crippen LogP contribution in [0.15, 0.2) is 60.8 Å². The number of halogens is 1. The van der Waals surface area contributed by atoms with Crippen molar-refractivity contribution in [2.75, 3.05) is 11.1 Å². The maximum absolute atomic E-state index is 12.4. The SMILES string of the molecule is CC(C)NCc1cnc(-c2ccc(C(=O)Nc3ccccc3N)cc2)c(Cl)c1. The lowest BCUT2D eigenvalue weighted by Crippen LogP contribution is -2.21. The summed E-state index contributed by atoms with van der Waals surface area (Å²) in [6.07, 6.45) is 1.81. The monoisotopic (exact) mass is 394 g/mol. The Hall–Kier alpha value is -2.89. The fraction of sp³-hybridized carbons (Fsp3) is 0.182. The van der Waals surface area contributed by atoms with Crippen molar-refractivity contribution in [1.82, 2.24) is 10.3 Å². The molecule has 0 aliphatic rings. The molecule has 0 saturated carbocycles. The Labute approximate surface area is 169 Å². The molecule has 1 amide bonds. The van der Waals surface area contributed by atoms with E-state index in [2.05, 4.69) is 29.5 Å². The molecule has 6 heteroatoms. The molecule has 4 N–H and O–H groups in total. The maximum atomic E-state index is 12.4. The number of aromatic nitrogens is 1. The minimum Gasteiger partial charge on any atom is -0.397 e. The van der Waals surface area contributed by atoms with Crippen LogP contribution < -0.4 is 16.4 Å². The van der Waals surface area contributed by atoms with Gasteiger partial charge >= 0.3 is 0 Å². The number of anilines is 2. The molecule has 0 aliphatic heterocycles. The molecular formula is C22H23ClN4O. The lowest BCUT2D eigenvalue weighted by Gasteiger charge is -2.11. The van der Waals surface area contributed by atoms with E-state index in [1.54, 1.807) is 24.3 Å². The molecule has 0 radical (unpaired) electrons. The van der Waals surface area contributed by atoms with Crippen LogP contribution in [0.5, 0.6) is 0 Å². The highest BCUT2D eigenvalue weighted by molar-refractivity contribution is 6.33. The average Bonchev–Trinajstić information content (AvgIpc) is 2.68. The molecule has 0 atom stereocenters. The largest absolute Gasteiger partial charge is 0.397 e. The maximum Gasteiger partial charge on any atom is 0.255 e. The topological polar surface area (TPSA) is 80.0 Å². The van der Waals surface area contributed by atoms with Crippen LogP contribution in [0.4, 0.5) is 11.4 Å². The first-order chi connectivity index (χ1) is 13.4. The van der Waals surface area contributed by atoms with Gasteiger partial charge in [-0.15, -0.1) is 0 Å².